The zero-order valence-electron chi connectivity index (χ0n) is 11.8. The Labute approximate surface area is 122 Å². The maximum absolute atomic E-state index is 5.44. The molecule has 2 heterocycles. The summed E-state index contributed by atoms with van der Waals surface area (Å²) in [6.45, 7) is 0.895. The van der Waals surface area contributed by atoms with Crippen molar-refractivity contribution in [1.29, 1.82) is 0 Å². The van der Waals surface area contributed by atoms with Gasteiger partial charge in [0, 0.05) is 12.1 Å². The number of hydrogen-bond donors (Lipinski definition) is 3. The van der Waals surface area contributed by atoms with Crippen LogP contribution in [0.3, 0.4) is 0 Å². The second-order valence-electron chi connectivity index (χ2n) is 5.51. The van der Waals surface area contributed by atoms with Crippen molar-refractivity contribution in [2.24, 2.45) is 5.84 Å². The van der Waals surface area contributed by atoms with Crippen LogP contribution in [0.2, 0.25) is 0 Å². The smallest absolute Gasteiger partial charge is 0.240 e. The number of nitrogens with one attached hydrogen (secondary N) is 2. The summed E-state index contributed by atoms with van der Waals surface area (Å²) in [6.07, 6.45) is 3.76. The van der Waals surface area contributed by atoms with E-state index in [9.17, 15) is 0 Å². The average molecular weight is 292 g/mol. The van der Waals surface area contributed by atoms with Gasteiger partial charge in [-0.2, -0.15) is 4.98 Å². The van der Waals surface area contributed by atoms with Gasteiger partial charge in [0.2, 0.25) is 5.95 Å². The van der Waals surface area contributed by atoms with Crippen molar-refractivity contribution < 1.29 is 0 Å². The number of hydrazine groups is 1. The molecule has 1 fully saturated rings. The van der Waals surface area contributed by atoms with Gasteiger partial charge in [0.15, 0.2) is 0 Å². The Bertz CT molecular complexity index is 604. The molecule has 1 aliphatic rings. The second-order valence-corrected chi connectivity index (χ2v) is 6.40. The third-order valence-electron chi connectivity index (χ3n) is 4.27. The molecule has 0 saturated heterocycles. The van der Waals surface area contributed by atoms with Gasteiger partial charge in [-0.25, -0.2) is 10.8 Å². The predicted molar refractivity (Wildman–Crippen MR) is 84.0 cm³/mol. The van der Waals surface area contributed by atoms with Gasteiger partial charge < -0.3 is 10.2 Å². The summed E-state index contributed by atoms with van der Waals surface area (Å²) in [5.41, 5.74) is 2.78. The zero-order chi connectivity index (χ0) is 14.2. The first-order chi connectivity index (χ1) is 9.64. The number of rotatable bonds is 5. The van der Waals surface area contributed by atoms with Crippen molar-refractivity contribution in [2.75, 3.05) is 31.4 Å². The molecule has 0 unspecified atom stereocenters. The van der Waals surface area contributed by atoms with E-state index in [1.165, 1.54) is 19.3 Å². The van der Waals surface area contributed by atoms with Crippen LogP contribution in [0.25, 0.3) is 10.2 Å². The molecule has 0 atom stereocenters. The highest BCUT2D eigenvalue weighted by Crippen LogP contribution is 2.36. The molecular formula is C13H20N6S. The first-order valence-corrected chi connectivity index (χ1v) is 7.66. The first-order valence-electron chi connectivity index (χ1n) is 6.78. The molecule has 0 aliphatic heterocycles. The number of likely N-dealkylation sites (N-methyl/N-ethyl adjacent to an activating group) is 1. The highest BCUT2D eigenvalue weighted by Gasteiger charge is 2.38. The van der Waals surface area contributed by atoms with Crippen molar-refractivity contribution in [3.8, 4) is 0 Å². The summed E-state index contributed by atoms with van der Waals surface area (Å²) in [5, 5.41) is 6.57. The van der Waals surface area contributed by atoms with Crippen LogP contribution < -0.4 is 16.6 Å². The summed E-state index contributed by atoms with van der Waals surface area (Å²) >= 11 is 1.59. The molecule has 6 nitrogen and oxygen atoms in total. The number of nitrogen functional groups attached to an aromatic ring is 1. The van der Waals surface area contributed by atoms with E-state index in [1.54, 1.807) is 11.3 Å². The van der Waals surface area contributed by atoms with E-state index in [4.69, 9.17) is 5.84 Å². The van der Waals surface area contributed by atoms with Crippen molar-refractivity contribution >= 4 is 33.3 Å². The molecule has 0 radical (unpaired) electrons. The number of aromatic nitrogens is 2. The molecule has 2 aromatic heterocycles. The summed E-state index contributed by atoms with van der Waals surface area (Å²) in [5.74, 6) is 6.75. The fourth-order valence-corrected chi connectivity index (χ4v) is 3.43. The van der Waals surface area contributed by atoms with Crippen LogP contribution in [-0.2, 0) is 0 Å². The van der Waals surface area contributed by atoms with Gasteiger partial charge >= 0.3 is 0 Å². The Morgan fingerprint density at radius 2 is 2.20 bits per heavy atom. The lowest BCUT2D eigenvalue weighted by atomic mass is 9.75. The highest BCUT2D eigenvalue weighted by molar-refractivity contribution is 7.16. The second kappa shape index (κ2) is 5.16. The lowest BCUT2D eigenvalue weighted by Gasteiger charge is -2.47. The lowest BCUT2D eigenvalue weighted by molar-refractivity contribution is 0.0738. The van der Waals surface area contributed by atoms with Gasteiger partial charge in [0.25, 0.3) is 0 Å². The topological polar surface area (TPSA) is 79.1 Å². The number of hydrogen-bond acceptors (Lipinski definition) is 7. The molecule has 2 aromatic rings. The van der Waals surface area contributed by atoms with Crippen LogP contribution in [0.1, 0.15) is 19.3 Å². The minimum atomic E-state index is 0.254. The normalized spacial score (nSPS) is 17.2. The van der Waals surface area contributed by atoms with Gasteiger partial charge in [-0.05, 0) is 44.8 Å². The Morgan fingerprint density at radius 3 is 2.80 bits per heavy atom. The molecular weight excluding hydrogens is 272 g/mol. The summed E-state index contributed by atoms with van der Waals surface area (Å²) in [6, 6.07) is 2.05. The van der Waals surface area contributed by atoms with Gasteiger partial charge in [-0.15, -0.1) is 11.3 Å². The number of nitrogens with zero attached hydrogens (tertiary/aromatic N) is 3. The number of thiophene rings is 1. The number of nitrogens with two attached hydrogens (primary N) is 1. The largest absolute Gasteiger partial charge is 0.368 e. The van der Waals surface area contributed by atoms with Gasteiger partial charge in [0.1, 0.15) is 10.6 Å². The SMILES string of the molecule is CN(C)C1(CNc2nc(NN)nc3sccc23)CCC1. The standard InChI is InChI=1S/C13H20N6S/c1-19(2)13(5-3-6-13)8-15-10-9-4-7-20-11(9)17-12(16-10)18-14/h4,7H,3,5-6,8,14H2,1-2H3,(H2,15,16,17,18). The molecule has 7 heteroatoms. The van der Waals surface area contributed by atoms with Crippen molar-refractivity contribution in [3.05, 3.63) is 11.4 Å². The fourth-order valence-electron chi connectivity index (χ4n) is 2.67. The molecule has 0 aromatic carbocycles. The Morgan fingerprint density at radius 1 is 1.40 bits per heavy atom. The Balaban J connectivity index is 1.85. The third-order valence-corrected chi connectivity index (χ3v) is 5.08. The fraction of sp³-hybridized carbons (Fsp3) is 0.538. The van der Waals surface area contributed by atoms with Crippen LogP contribution in [0, 0.1) is 0 Å². The minimum absolute atomic E-state index is 0.254. The van der Waals surface area contributed by atoms with E-state index in [2.05, 4.69) is 39.7 Å². The first kappa shape index (κ1) is 13.5. The van der Waals surface area contributed by atoms with Gasteiger partial charge in [0.05, 0.1) is 5.39 Å². The molecule has 20 heavy (non-hydrogen) atoms. The monoisotopic (exact) mass is 292 g/mol. The Kier molecular flexibility index (Phi) is 3.49. The van der Waals surface area contributed by atoms with Crippen LogP contribution in [-0.4, -0.2) is 41.0 Å². The minimum Gasteiger partial charge on any atom is -0.368 e. The third kappa shape index (κ3) is 2.21. The highest BCUT2D eigenvalue weighted by atomic mass is 32.1. The molecule has 3 rings (SSSR count). The molecule has 1 aliphatic carbocycles. The lowest BCUT2D eigenvalue weighted by Crippen LogP contribution is -2.54. The maximum Gasteiger partial charge on any atom is 0.240 e. The predicted octanol–water partition coefficient (Wildman–Crippen LogP) is 1.87. The van der Waals surface area contributed by atoms with E-state index >= 15 is 0 Å². The Hall–Kier alpha value is -1.44. The van der Waals surface area contributed by atoms with Crippen molar-refractivity contribution in [2.45, 2.75) is 24.8 Å². The average Bonchev–Trinajstić information content (AvgIpc) is 2.84. The summed E-state index contributed by atoms with van der Waals surface area (Å²) in [7, 11) is 4.29. The maximum atomic E-state index is 5.44. The van der Waals surface area contributed by atoms with Crippen LogP contribution in [0.4, 0.5) is 11.8 Å². The van der Waals surface area contributed by atoms with E-state index in [0.717, 1.165) is 22.6 Å². The number of fused-ring (bicyclic) bond motifs is 1. The van der Waals surface area contributed by atoms with Gasteiger partial charge in [-0.3, -0.25) is 5.43 Å². The summed E-state index contributed by atoms with van der Waals surface area (Å²) < 4.78 is 0. The van der Waals surface area contributed by atoms with Crippen LogP contribution >= 0.6 is 11.3 Å². The van der Waals surface area contributed by atoms with Crippen LogP contribution in [0.15, 0.2) is 11.4 Å². The van der Waals surface area contributed by atoms with Crippen molar-refractivity contribution in [1.82, 2.24) is 14.9 Å². The molecule has 0 spiro atoms. The van der Waals surface area contributed by atoms with E-state index < -0.39 is 0 Å². The molecule has 0 amide bonds. The van der Waals surface area contributed by atoms with E-state index in [1.807, 2.05) is 11.4 Å². The van der Waals surface area contributed by atoms with Gasteiger partial charge in [-0.1, -0.05) is 0 Å². The van der Waals surface area contributed by atoms with E-state index in [0.29, 0.717) is 5.95 Å². The molecule has 108 valence electrons. The quantitative estimate of drug-likeness (QED) is 0.577. The molecule has 0 bridgehead atoms. The molecule has 1 saturated carbocycles. The van der Waals surface area contributed by atoms with Crippen molar-refractivity contribution in [3.63, 3.8) is 0 Å². The number of anilines is 2. The summed E-state index contributed by atoms with van der Waals surface area (Å²) in [4.78, 5) is 12.1. The zero-order valence-corrected chi connectivity index (χ0v) is 12.6. The van der Waals surface area contributed by atoms with Crippen LogP contribution in [0.5, 0.6) is 0 Å². The van der Waals surface area contributed by atoms with E-state index in [-0.39, 0.29) is 5.54 Å². The molecule has 4 N–H and O–H groups in total.